The van der Waals surface area contributed by atoms with Gasteiger partial charge < -0.3 is 35.0 Å². The number of carboxylic acids is 3. The number of aliphatic hydroxyl groups is 2. The van der Waals surface area contributed by atoms with Crippen LogP contribution >= 0.6 is 0 Å². The maximum Gasteiger partial charge on any atom is 0.330 e. The lowest BCUT2D eigenvalue weighted by Crippen LogP contribution is -2.71. The number of unbranched alkanes of at least 4 members (excludes halogenated alkanes) is 2. The molecule has 13 nitrogen and oxygen atoms in total. The summed E-state index contributed by atoms with van der Waals surface area (Å²) in [5, 5.41) is 52.2. The van der Waals surface area contributed by atoms with Gasteiger partial charge in [0.15, 0.2) is 11.4 Å². The first kappa shape index (κ1) is 37.4. The Morgan fingerprint density at radius 2 is 1.10 bits per heavy atom. The molecule has 0 heterocycles. The van der Waals surface area contributed by atoms with E-state index >= 15 is 0 Å². The average Bonchev–Trinajstić information content (AvgIpc) is 2.88. The first-order chi connectivity index (χ1) is 18.8. The molecule has 0 aliphatic rings. The summed E-state index contributed by atoms with van der Waals surface area (Å²) in [6, 6.07) is 0. The Balaban J connectivity index is 7.38. The molecule has 0 spiro atoms. The van der Waals surface area contributed by atoms with Crippen LogP contribution in [0.4, 0.5) is 0 Å². The van der Waals surface area contributed by atoms with Crippen molar-refractivity contribution in [1.29, 1.82) is 0 Å². The topological polar surface area (TPSA) is 222 Å². The molecule has 0 aliphatic heterocycles. The molecule has 5 N–H and O–H groups in total. The van der Waals surface area contributed by atoms with Crippen molar-refractivity contribution in [2.75, 3.05) is 0 Å². The molecule has 13 heteroatoms. The van der Waals surface area contributed by atoms with Crippen LogP contribution in [0.15, 0.2) is 25.3 Å². The van der Waals surface area contributed by atoms with Crippen LogP contribution in [-0.2, 0) is 38.2 Å². The van der Waals surface area contributed by atoms with Crippen LogP contribution in [0, 0.1) is 10.8 Å². The summed E-state index contributed by atoms with van der Waals surface area (Å²) in [6.45, 7) is 11.6. The number of Topliss-reactive ketones (excluding diaryl/α,β-unsaturated/α-hetero) is 1. The zero-order valence-corrected chi connectivity index (χ0v) is 24.0. The summed E-state index contributed by atoms with van der Waals surface area (Å²) in [5.74, 6) is -7.44. The van der Waals surface area contributed by atoms with Crippen molar-refractivity contribution in [3.8, 4) is 0 Å². The lowest BCUT2D eigenvalue weighted by Gasteiger charge is -2.51. The molecule has 4 unspecified atom stereocenters. The number of ether oxygens (including phenoxy) is 2. The van der Waals surface area contributed by atoms with Gasteiger partial charge in [-0.1, -0.05) is 33.9 Å². The van der Waals surface area contributed by atoms with Gasteiger partial charge in [-0.2, -0.15) is 0 Å². The SMILES string of the molecule is C=CC(=O)OC(CCCCC(=O)O)C(O)(C(CCCCC(=O)O)OC(=O)C=C)C(C)(C(=O)O)C(O)C(=O)C(C)(C)C. The summed E-state index contributed by atoms with van der Waals surface area (Å²) in [7, 11) is 0. The van der Waals surface area contributed by atoms with Crippen LogP contribution in [0.2, 0.25) is 0 Å². The molecule has 0 saturated heterocycles. The molecule has 0 radical (unpaired) electrons. The number of carbonyl (C=O) groups excluding carboxylic acids is 3. The van der Waals surface area contributed by atoms with Crippen LogP contribution in [0.25, 0.3) is 0 Å². The van der Waals surface area contributed by atoms with Gasteiger partial charge in [-0.3, -0.25) is 19.2 Å². The molecule has 0 rings (SSSR count). The van der Waals surface area contributed by atoms with Gasteiger partial charge in [0, 0.05) is 30.4 Å². The Labute approximate surface area is 238 Å². The number of ketones is 1. The summed E-state index contributed by atoms with van der Waals surface area (Å²) < 4.78 is 10.7. The highest BCUT2D eigenvalue weighted by atomic mass is 16.6. The van der Waals surface area contributed by atoms with Gasteiger partial charge in [0.2, 0.25) is 0 Å². The Morgan fingerprint density at radius 1 is 0.732 bits per heavy atom. The van der Waals surface area contributed by atoms with Crippen LogP contribution < -0.4 is 0 Å². The number of esters is 2. The van der Waals surface area contributed by atoms with E-state index in [1.165, 1.54) is 20.8 Å². The third kappa shape index (κ3) is 10.1. The molecular formula is C28H42O13. The Kier molecular flexibility index (Phi) is 14.6. The van der Waals surface area contributed by atoms with Crippen molar-refractivity contribution in [2.24, 2.45) is 10.8 Å². The van der Waals surface area contributed by atoms with Gasteiger partial charge in [0.1, 0.15) is 23.7 Å². The molecular weight excluding hydrogens is 544 g/mol. The van der Waals surface area contributed by atoms with E-state index in [-0.39, 0.29) is 51.4 Å². The summed E-state index contributed by atoms with van der Waals surface area (Å²) in [4.78, 5) is 73.0. The van der Waals surface area contributed by atoms with Gasteiger partial charge in [-0.05, 0) is 45.4 Å². The van der Waals surface area contributed by atoms with E-state index < -0.39 is 70.4 Å². The number of hydrogen-bond donors (Lipinski definition) is 5. The Bertz CT molecular complexity index is 945. The molecule has 0 aromatic rings. The van der Waals surface area contributed by atoms with Crippen LogP contribution in [0.5, 0.6) is 0 Å². The summed E-state index contributed by atoms with van der Waals surface area (Å²) in [6.07, 6.45) is -6.19. The largest absolute Gasteiger partial charge is 0.481 e. The minimum atomic E-state index is -3.02. The normalized spacial score (nSPS) is 16.5. The summed E-state index contributed by atoms with van der Waals surface area (Å²) >= 11 is 0. The zero-order valence-electron chi connectivity index (χ0n) is 24.0. The number of rotatable bonds is 20. The van der Waals surface area contributed by atoms with E-state index in [1.807, 2.05) is 0 Å². The molecule has 0 aromatic heterocycles. The van der Waals surface area contributed by atoms with E-state index in [9.17, 15) is 44.1 Å². The van der Waals surface area contributed by atoms with Gasteiger partial charge >= 0.3 is 29.8 Å². The predicted molar refractivity (Wildman–Crippen MR) is 144 cm³/mol. The number of aliphatic hydroxyl groups excluding tert-OH is 1. The Morgan fingerprint density at radius 3 is 1.37 bits per heavy atom. The first-order valence-corrected chi connectivity index (χ1v) is 13.1. The fourth-order valence-corrected chi connectivity index (χ4v) is 4.38. The highest BCUT2D eigenvalue weighted by molar-refractivity contribution is 5.94. The molecule has 0 amide bonds. The fraction of sp³-hybridized carbons (Fsp3) is 0.643. The van der Waals surface area contributed by atoms with E-state index in [1.54, 1.807) is 0 Å². The van der Waals surface area contributed by atoms with Crippen molar-refractivity contribution in [1.82, 2.24) is 0 Å². The number of carbonyl (C=O) groups is 6. The van der Waals surface area contributed by atoms with Crippen LogP contribution in [0.3, 0.4) is 0 Å². The Hall–Kier alpha value is -3.58. The molecule has 0 aromatic carbocycles. The van der Waals surface area contributed by atoms with Gasteiger partial charge in [-0.15, -0.1) is 0 Å². The van der Waals surface area contributed by atoms with Crippen molar-refractivity contribution in [2.45, 2.75) is 103 Å². The van der Waals surface area contributed by atoms with Crippen molar-refractivity contribution in [3.63, 3.8) is 0 Å². The molecule has 41 heavy (non-hydrogen) atoms. The molecule has 0 aliphatic carbocycles. The fourth-order valence-electron chi connectivity index (χ4n) is 4.38. The summed E-state index contributed by atoms with van der Waals surface area (Å²) in [5.41, 5.74) is -7.24. The monoisotopic (exact) mass is 586 g/mol. The molecule has 0 saturated carbocycles. The third-order valence-electron chi connectivity index (χ3n) is 6.86. The second-order valence-corrected chi connectivity index (χ2v) is 10.9. The average molecular weight is 587 g/mol. The van der Waals surface area contributed by atoms with E-state index in [0.717, 1.165) is 19.1 Å². The minimum absolute atomic E-state index is 0.0105. The molecule has 232 valence electrons. The highest BCUT2D eigenvalue weighted by Crippen LogP contribution is 2.47. The standard InChI is InChI=1S/C28H42O13/c1-7-21(33)40-17(13-9-11-15-19(29)30)28(39,18(41-22(34)8-2)14-10-12-16-20(31)32)27(6,25(37)38)24(36)23(35)26(3,4)5/h7-8,17-18,24,36,39H,1-2,9-16H2,3-6H3,(H,29,30)(H,31,32)(H,37,38). The van der Waals surface area contributed by atoms with Crippen molar-refractivity contribution < 1.29 is 63.8 Å². The second kappa shape index (κ2) is 16.0. The van der Waals surface area contributed by atoms with Gasteiger partial charge in [0.25, 0.3) is 0 Å². The lowest BCUT2D eigenvalue weighted by atomic mass is 9.60. The maximum absolute atomic E-state index is 13.2. The first-order valence-electron chi connectivity index (χ1n) is 13.1. The van der Waals surface area contributed by atoms with Gasteiger partial charge in [-0.25, -0.2) is 9.59 Å². The van der Waals surface area contributed by atoms with Crippen molar-refractivity contribution >= 4 is 35.6 Å². The van der Waals surface area contributed by atoms with E-state index in [0.29, 0.717) is 0 Å². The lowest BCUT2D eigenvalue weighted by molar-refractivity contribution is -0.251. The quantitative estimate of drug-likeness (QED) is 0.0785. The number of hydrogen-bond acceptors (Lipinski definition) is 10. The minimum Gasteiger partial charge on any atom is -0.481 e. The van der Waals surface area contributed by atoms with Gasteiger partial charge in [0.05, 0.1) is 0 Å². The van der Waals surface area contributed by atoms with E-state index in [2.05, 4.69) is 13.2 Å². The van der Waals surface area contributed by atoms with E-state index in [4.69, 9.17) is 19.7 Å². The number of aliphatic carboxylic acids is 3. The number of carboxylic acid groups (broad SMARTS) is 3. The highest BCUT2D eigenvalue weighted by Gasteiger charge is 2.68. The molecule has 4 atom stereocenters. The van der Waals surface area contributed by atoms with Crippen LogP contribution in [-0.4, -0.2) is 85.1 Å². The predicted octanol–water partition coefficient (Wildman–Crippen LogP) is 2.27. The second-order valence-electron chi connectivity index (χ2n) is 10.9. The van der Waals surface area contributed by atoms with Crippen LogP contribution in [0.1, 0.15) is 79.1 Å². The maximum atomic E-state index is 13.2. The van der Waals surface area contributed by atoms with Crippen molar-refractivity contribution in [3.05, 3.63) is 25.3 Å². The molecule has 0 bridgehead atoms. The zero-order chi connectivity index (χ0) is 32.2. The smallest absolute Gasteiger partial charge is 0.330 e. The molecule has 0 fully saturated rings. The third-order valence-corrected chi connectivity index (χ3v) is 6.86.